The SMILES string of the molecule is C[PH+](C)CC[PH+](C)C.[Ag+].[Ag+].[C-]#Cc1cc2ccccc2c2ccccc12.[C-]#Cc1cc2ccccc2c2ccccc12. The largest absolute Gasteiger partial charge is 1.00 e. The average molecular weight is 770 g/mol. The van der Waals surface area contributed by atoms with Gasteiger partial charge >= 0.3 is 44.8 Å². The molecule has 0 amide bonds. The normalized spacial score (nSPS) is 10.1. The van der Waals surface area contributed by atoms with Crippen LogP contribution in [0, 0.1) is 24.7 Å². The van der Waals surface area contributed by atoms with Crippen molar-refractivity contribution in [1.82, 2.24) is 0 Å². The third-order valence-electron chi connectivity index (χ3n) is 6.93. The monoisotopic (exact) mass is 768 g/mol. The summed E-state index contributed by atoms with van der Waals surface area (Å²) in [6.45, 7) is 9.59. The van der Waals surface area contributed by atoms with Crippen LogP contribution in [0.3, 0.4) is 0 Å². The Bertz CT molecular complexity index is 1710. The van der Waals surface area contributed by atoms with Crippen LogP contribution in [0.5, 0.6) is 0 Å². The molecule has 6 rings (SSSR count). The van der Waals surface area contributed by atoms with Crippen LogP contribution in [0.25, 0.3) is 43.1 Å². The Hall–Kier alpha value is -2.18. The number of benzene rings is 6. The molecular weight excluding hydrogens is 734 g/mol. The number of fused-ring (bicyclic) bond motifs is 6. The van der Waals surface area contributed by atoms with Crippen molar-refractivity contribution in [2.75, 3.05) is 39.0 Å². The van der Waals surface area contributed by atoms with E-state index >= 15 is 0 Å². The maximum absolute atomic E-state index is 7.35. The van der Waals surface area contributed by atoms with E-state index in [0.717, 1.165) is 32.7 Å². The summed E-state index contributed by atoms with van der Waals surface area (Å²) in [6, 6.07) is 36.9. The maximum atomic E-state index is 7.35. The van der Waals surface area contributed by atoms with Gasteiger partial charge in [0.05, 0.1) is 12.3 Å². The summed E-state index contributed by atoms with van der Waals surface area (Å²) in [5.74, 6) is 5.02. The molecule has 0 atom stereocenters. The van der Waals surface area contributed by atoms with Crippen molar-refractivity contribution < 1.29 is 44.8 Å². The Morgan fingerprint density at radius 1 is 0.452 bits per heavy atom. The molecule has 0 N–H and O–H groups in total. The van der Waals surface area contributed by atoms with Crippen molar-refractivity contribution in [2.45, 2.75) is 0 Å². The smallest absolute Gasteiger partial charge is 0.366 e. The molecule has 0 aliphatic carbocycles. The van der Waals surface area contributed by atoms with Gasteiger partial charge in [-0.2, -0.15) is 0 Å². The zero-order valence-electron chi connectivity index (χ0n) is 24.4. The van der Waals surface area contributed by atoms with E-state index in [1.165, 1.54) is 33.9 Å². The molecule has 4 heteroatoms. The van der Waals surface area contributed by atoms with E-state index in [2.05, 4.69) is 74.9 Å². The van der Waals surface area contributed by atoms with Gasteiger partial charge in [0.25, 0.3) is 0 Å². The van der Waals surface area contributed by atoms with E-state index in [1.54, 1.807) is 0 Å². The summed E-state index contributed by atoms with van der Waals surface area (Å²) >= 11 is 0. The van der Waals surface area contributed by atoms with Gasteiger partial charge in [0.2, 0.25) is 0 Å². The molecule has 0 aliphatic rings. The summed E-state index contributed by atoms with van der Waals surface area (Å²) in [5.41, 5.74) is 1.71. The van der Waals surface area contributed by atoms with Crippen molar-refractivity contribution in [3.05, 3.63) is 133 Å². The molecule has 0 heterocycles. The summed E-state index contributed by atoms with van der Waals surface area (Å²) in [4.78, 5) is 0. The van der Waals surface area contributed by atoms with Crippen LogP contribution in [-0.4, -0.2) is 39.0 Å². The molecule has 6 aromatic carbocycles. The molecule has 0 aliphatic heterocycles. The first-order valence-electron chi connectivity index (χ1n) is 13.7. The van der Waals surface area contributed by atoms with Crippen LogP contribution in [0.4, 0.5) is 0 Å². The van der Waals surface area contributed by atoms with Gasteiger partial charge in [0, 0.05) is 26.7 Å². The molecule has 0 radical (unpaired) electrons. The maximum Gasteiger partial charge on any atom is 1.00 e. The van der Waals surface area contributed by atoms with Gasteiger partial charge in [-0.1, -0.05) is 108 Å². The molecule has 0 bridgehead atoms. The standard InChI is InChI=1S/2C16H9.C6H16P2.2Ag/c2*1-2-12-11-13-7-3-4-9-15(13)16-10-6-5-8-14(12)16;1-7(2)5-6-8(3)4;;/h2*3-11H;5-6H2,1-4H3;;/q2*-1;;2*+1/p+2. The molecule has 0 saturated carbocycles. The van der Waals surface area contributed by atoms with E-state index in [-0.39, 0.29) is 60.6 Å². The molecule has 218 valence electrons. The minimum Gasteiger partial charge on any atom is -0.366 e. The van der Waals surface area contributed by atoms with Crippen LogP contribution in [0.1, 0.15) is 11.1 Å². The summed E-state index contributed by atoms with van der Waals surface area (Å²) in [6.07, 6.45) is 17.8. The van der Waals surface area contributed by atoms with E-state index < -0.39 is 0 Å². The molecule has 0 aromatic heterocycles. The van der Waals surface area contributed by atoms with Gasteiger partial charge in [0.15, 0.2) is 0 Å². The van der Waals surface area contributed by atoms with Crippen molar-refractivity contribution in [1.29, 1.82) is 0 Å². The number of hydrogen-bond acceptors (Lipinski definition) is 0. The van der Waals surface area contributed by atoms with Crippen LogP contribution in [-0.2, 0) is 44.8 Å². The Kier molecular flexibility index (Phi) is 15.3. The van der Waals surface area contributed by atoms with Gasteiger partial charge in [0.1, 0.15) is 0 Å². The van der Waals surface area contributed by atoms with E-state index in [1.807, 2.05) is 72.8 Å². The van der Waals surface area contributed by atoms with Crippen molar-refractivity contribution in [3.63, 3.8) is 0 Å². The number of hydrogen-bond donors (Lipinski definition) is 0. The molecule has 0 spiro atoms. The van der Waals surface area contributed by atoms with Crippen LogP contribution in [0.15, 0.2) is 109 Å². The zero-order valence-corrected chi connectivity index (χ0v) is 29.4. The Morgan fingerprint density at radius 2 is 0.738 bits per heavy atom. The van der Waals surface area contributed by atoms with Crippen molar-refractivity contribution in [3.8, 4) is 11.8 Å². The predicted molar refractivity (Wildman–Crippen MR) is 185 cm³/mol. The van der Waals surface area contributed by atoms with Crippen LogP contribution < -0.4 is 0 Å². The topological polar surface area (TPSA) is 0 Å². The van der Waals surface area contributed by atoms with Gasteiger partial charge in [-0.25, -0.2) is 0 Å². The van der Waals surface area contributed by atoms with Gasteiger partial charge in [-0.15, -0.1) is 23.3 Å². The Balaban J connectivity index is 0.000000228. The molecule has 42 heavy (non-hydrogen) atoms. The van der Waals surface area contributed by atoms with Crippen LogP contribution in [0.2, 0.25) is 0 Å². The van der Waals surface area contributed by atoms with Crippen molar-refractivity contribution in [2.24, 2.45) is 0 Å². The second-order valence-corrected chi connectivity index (χ2v) is 16.4. The summed E-state index contributed by atoms with van der Waals surface area (Å²) < 4.78 is 0. The van der Waals surface area contributed by atoms with Gasteiger partial charge in [-0.3, -0.25) is 11.8 Å². The Labute approximate surface area is 285 Å². The fourth-order valence-corrected chi connectivity index (χ4v) is 8.82. The molecule has 0 unspecified atom stereocenters. The van der Waals surface area contributed by atoms with Gasteiger partial charge < -0.3 is 12.8 Å². The second kappa shape index (κ2) is 17.8. The van der Waals surface area contributed by atoms with Gasteiger partial charge in [-0.05, 0) is 48.2 Å². The first-order valence-corrected chi connectivity index (χ1v) is 19.1. The van der Waals surface area contributed by atoms with E-state index in [9.17, 15) is 0 Å². The Morgan fingerprint density at radius 3 is 1.05 bits per heavy atom. The third kappa shape index (κ3) is 9.16. The van der Waals surface area contributed by atoms with Crippen LogP contribution >= 0.6 is 15.8 Å². The van der Waals surface area contributed by atoms with E-state index in [4.69, 9.17) is 12.8 Å². The second-order valence-electron chi connectivity index (χ2n) is 10.5. The third-order valence-corrected chi connectivity index (χ3v) is 9.93. The average Bonchev–Trinajstić information content (AvgIpc) is 3.00. The molecule has 6 aromatic rings. The summed E-state index contributed by atoms with van der Waals surface area (Å²) in [5, 5.41) is 9.36. The quantitative estimate of drug-likeness (QED) is 0.0553. The fourth-order valence-electron chi connectivity index (χ4n) is 4.82. The summed E-state index contributed by atoms with van der Waals surface area (Å²) in [7, 11) is 0.191. The van der Waals surface area contributed by atoms with E-state index in [0.29, 0.717) is 0 Å². The minimum atomic E-state index is 0. The zero-order chi connectivity index (χ0) is 28.5. The fraction of sp³-hybridized carbons (Fsp3) is 0.158. The predicted octanol–water partition coefficient (Wildman–Crippen LogP) is 9.79. The first-order chi connectivity index (χ1) is 19.4. The molecule has 0 saturated heterocycles. The molecule has 0 fully saturated rings. The van der Waals surface area contributed by atoms with Crippen molar-refractivity contribution >= 4 is 58.9 Å². The molecular formula is C38H36Ag2P2+2. The molecule has 0 nitrogen and oxygen atoms in total. The minimum absolute atomic E-state index is 0. The number of rotatable bonds is 3. The first kappa shape index (κ1) is 36.0.